The molecule has 7 rings (SSSR count). The molecule has 4 bridgehead atoms. The van der Waals surface area contributed by atoms with Gasteiger partial charge in [-0.25, -0.2) is 9.78 Å². The summed E-state index contributed by atoms with van der Waals surface area (Å²) in [5.74, 6) is 2.23. The number of carbonyl (C=O) groups is 2. The molecule has 7 heteroatoms. The van der Waals surface area contributed by atoms with E-state index in [0.717, 1.165) is 55.4 Å². The third kappa shape index (κ3) is 2.88. The number of hydrogen-bond donors (Lipinski definition) is 1. The molecule has 5 fully saturated rings. The summed E-state index contributed by atoms with van der Waals surface area (Å²) in [6.07, 6.45) is 5.26. The van der Waals surface area contributed by atoms with Crippen LogP contribution in [0.4, 0.5) is 4.79 Å². The van der Waals surface area contributed by atoms with Crippen LogP contribution in [0.1, 0.15) is 50.3 Å². The van der Waals surface area contributed by atoms with Crippen molar-refractivity contribution in [2.24, 2.45) is 36.0 Å². The zero-order chi connectivity index (χ0) is 21.3. The first kappa shape index (κ1) is 19.1. The number of hydrogen-bond acceptors (Lipinski definition) is 4. The minimum Gasteiger partial charge on any atom is -0.446 e. The molecule has 7 nitrogen and oxygen atoms in total. The standard InChI is InChI=1S/C24H30N4O3/c1-27-19-5-3-2-4-18(19)26-21(27)15-6-7-28(13-15)23(30)31-20-16-8-14-9-17(20)12-24(10-14,11-16)22(25)29/h2-5,14-17,20H,6-13H2,1H3,(H2,25,29)/t14?,15?,16?,17?,20-,24-. The molecule has 5 aliphatic rings. The SMILES string of the molecule is Cn1c(C2CCN(C(=O)O[C@H]3C4CC5CC3C[C@](C(N)=O)(C5)C4)C2)nc2ccccc21. The van der Waals surface area contributed by atoms with Crippen LogP contribution in [-0.2, 0) is 16.6 Å². The zero-order valence-corrected chi connectivity index (χ0v) is 18.0. The normalized spacial score (nSPS) is 36.3. The molecule has 4 aliphatic carbocycles. The number of likely N-dealkylation sites (tertiary alicyclic amines) is 1. The molecule has 1 saturated heterocycles. The van der Waals surface area contributed by atoms with E-state index in [1.54, 1.807) is 0 Å². The van der Waals surface area contributed by atoms with E-state index >= 15 is 0 Å². The fourth-order valence-corrected chi connectivity index (χ4v) is 7.33. The van der Waals surface area contributed by atoms with Crippen molar-refractivity contribution < 1.29 is 14.3 Å². The van der Waals surface area contributed by atoms with E-state index in [1.807, 2.05) is 23.1 Å². The number of para-hydroxylation sites is 2. The quantitative estimate of drug-likeness (QED) is 0.823. The van der Waals surface area contributed by atoms with Gasteiger partial charge in [0.2, 0.25) is 5.91 Å². The van der Waals surface area contributed by atoms with E-state index in [-0.39, 0.29) is 41.3 Å². The third-order valence-corrected chi connectivity index (χ3v) is 8.58. The number of rotatable bonds is 3. The van der Waals surface area contributed by atoms with Crippen LogP contribution in [0, 0.1) is 23.2 Å². The van der Waals surface area contributed by atoms with Crippen molar-refractivity contribution in [3.05, 3.63) is 30.1 Å². The number of ether oxygens (including phenoxy) is 1. The number of aryl methyl sites for hydroxylation is 1. The van der Waals surface area contributed by atoms with Crippen molar-refractivity contribution in [1.29, 1.82) is 0 Å². The predicted molar refractivity (Wildman–Crippen MR) is 115 cm³/mol. The van der Waals surface area contributed by atoms with E-state index in [1.165, 1.54) is 0 Å². The number of nitrogens with zero attached hydrogens (tertiary/aromatic N) is 3. The molecule has 2 N–H and O–H groups in total. The van der Waals surface area contributed by atoms with Crippen LogP contribution in [0.2, 0.25) is 0 Å². The number of amides is 2. The van der Waals surface area contributed by atoms with Crippen LogP contribution < -0.4 is 5.73 Å². The summed E-state index contributed by atoms with van der Waals surface area (Å²) in [4.78, 5) is 31.9. The van der Waals surface area contributed by atoms with Gasteiger partial charge in [-0.15, -0.1) is 0 Å². The maximum absolute atomic E-state index is 13.1. The van der Waals surface area contributed by atoms with Gasteiger partial charge >= 0.3 is 6.09 Å². The zero-order valence-electron chi connectivity index (χ0n) is 18.0. The summed E-state index contributed by atoms with van der Waals surface area (Å²) in [5.41, 5.74) is 7.56. The molecular weight excluding hydrogens is 392 g/mol. The molecule has 1 aliphatic heterocycles. The highest BCUT2D eigenvalue weighted by atomic mass is 16.6. The fourth-order valence-electron chi connectivity index (χ4n) is 7.33. The van der Waals surface area contributed by atoms with Crippen LogP contribution in [-0.4, -0.2) is 45.6 Å². The highest BCUT2D eigenvalue weighted by Crippen LogP contribution is 2.60. The van der Waals surface area contributed by atoms with Crippen molar-refractivity contribution in [3.63, 3.8) is 0 Å². The van der Waals surface area contributed by atoms with Gasteiger partial charge in [0.05, 0.1) is 16.4 Å². The lowest BCUT2D eigenvalue weighted by molar-refractivity contribution is -0.161. The Morgan fingerprint density at radius 3 is 2.61 bits per heavy atom. The van der Waals surface area contributed by atoms with Gasteiger partial charge in [-0.2, -0.15) is 0 Å². The van der Waals surface area contributed by atoms with Gasteiger partial charge < -0.3 is 19.9 Å². The molecule has 2 heterocycles. The molecule has 164 valence electrons. The van der Waals surface area contributed by atoms with Crippen LogP contribution in [0.25, 0.3) is 11.0 Å². The average molecular weight is 423 g/mol. The molecule has 0 spiro atoms. The summed E-state index contributed by atoms with van der Waals surface area (Å²) in [6, 6.07) is 8.15. The maximum Gasteiger partial charge on any atom is 0.410 e. The number of aromatic nitrogens is 2. The van der Waals surface area contributed by atoms with Gasteiger partial charge in [0, 0.05) is 26.1 Å². The monoisotopic (exact) mass is 422 g/mol. The van der Waals surface area contributed by atoms with Crippen molar-refractivity contribution >= 4 is 23.0 Å². The molecular formula is C24H30N4O3. The Morgan fingerprint density at radius 1 is 1.16 bits per heavy atom. The van der Waals surface area contributed by atoms with E-state index in [4.69, 9.17) is 15.5 Å². The van der Waals surface area contributed by atoms with Crippen molar-refractivity contribution in [2.75, 3.05) is 13.1 Å². The lowest BCUT2D eigenvalue weighted by atomic mass is 9.48. The van der Waals surface area contributed by atoms with Crippen LogP contribution in [0.15, 0.2) is 24.3 Å². The number of imidazole rings is 1. The molecule has 4 saturated carbocycles. The van der Waals surface area contributed by atoms with Gasteiger partial charge in [-0.3, -0.25) is 4.79 Å². The molecule has 0 radical (unpaired) electrons. The first-order chi connectivity index (χ1) is 14.9. The molecule has 31 heavy (non-hydrogen) atoms. The molecule has 1 aromatic carbocycles. The highest BCUT2D eigenvalue weighted by Gasteiger charge is 2.59. The Balaban J connectivity index is 1.15. The number of benzene rings is 1. The molecule has 2 amide bonds. The smallest absolute Gasteiger partial charge is 0.410 e. The van der Waals surface area contributed by atoms with Gasteiger partial charge in [0.15, 0.2) is 0 Å². The van der Waals surface area contributed by atoms with E-state index in [0.29, 0.717) is 19.0 Å². The lowest BCUT2D eigenvalue weighted by Crippen LogP contribution is -2.59. The van der Waals surface area contributed by atoms with Gasteiger partial charge in [-0.1, -0.05) is 12.1 Å². The number of nitrogens with two attached hydrogens (primary N) is 1. The van der Waals surface area contributed by atoms with Gasteiger partial charge in [0.1, 0.15) is 11.9 Å². The van der Waals surface area contributed by atoms with Crippen molar-refractivity contribution in [2.45, 2.75) is 50.5 Å². The largest absolute Gasteiger partial charge is 0.446 e. The summed E-state index contributed by atoms with van der Waals surface area (Å²) >= 11 is 0. The Labute approximate surface area is 181 Å². The van der Waals surface area contributed by atoms with Crippen LogP contribution in [0.3, 0.4) is 0 Å². The van der Waals surface area contributed by atoms with Crippen molar-refractivity contribution in [1.82, 2.24) is 14.5 Å². The first-order valence-electron chi connectivity index (χ1n) is 11.6. The Bertz CT molecular complexity index is 1050. The second kappa shape index (κ2) is 6.71. The van der Waals surface area contributed by atoms with E-state index in [2.05, 4.69) is 17.7 Å². The number of primary amides is 1. The molecule has 3 atom stereocenters. The minimum absolute atomic E-state index is 0.0636. The third-order valence-electron chi connectivity index (χ3n) is 8.58. The van der Waals surface area contributed by atoms with E-state index in [9.17, 15) is 9.59 Å². The average Bonchev–Trinajstić information content (AvgIpc) is 3.35. The Kier molecular flexibility index (Phi) is 4.14. The summed E-state index contributed by atoms with van der Waals surface area (Å²) in [5, 5.41) is 0. The number of carbonyl (C=O) groups excluding carboxylic acids is 2. The molecule has 2 aromatic rings. The summed E-state index contributed by atoms with van der Waals surface area (Å²) < 4.78 is 8.27. The van der Waals surface area contributed by atoms with Gasteiger partial charge in [-0.05, 0) is 68.4 Å². The Morgan fingerprint density at radius 2 is 1.90 bits per heavy atom. The highest BCUT2D eigenvalue weighted by molar-refractivity contribution is 5.81. The second-order valence-corrected chi connectivity index (χ2v) is 10.4. The van der Waals surface area contributed by atoms with E-state index < -0.39 is 0 Å². The lowest BCUT2D eigenvalue weighted by Gasteiger charge is -2.58. The molecule has 3 unspecified atom stereocenters. The molecule has 1 aromatic heterocycles. The maximum atomic E-state index is 13.1. The van der Waals surface area contributed by atoms with Crippen molar-refractivity contribution in [3.8, 4) is 0 Å². The topological polar surface area (TPSA) is 90.5 Å². The summed E-state index contributed by atoms with van der Waals surface area (Å²) in [6.45, 7) is 1.34. The fraction of sp³-hybridized carbons (Fsp3) is 0.625. The van der Waals surface area contributed by atoms with Crippen LogP contribution in [0.5, 0.6) is 0 Å². The number of fused-ring (bicyclic) bond motifs is 1. The first-order valence-corrected chi connectivity index (χ1v) is 11.6. The van der Waals surface area contributed by atoms with Gasteiger partial charge in [0.25, 0.3) is 0 Å². The minimum atomic E-state index is -0.349. The van der Waals surface area contributed by atoms with Crippen LogP contribution >= 0.6 is 0 Å². The summed E-state index contributed by atoms with van der Waals surface area (Å²) in [7, 11) is 2.05. The Hall–Kier alpha value is -2.57. The predicted octanol–water partition coefficient (Wildman–Crippen LogP) is 3.18. The second-order valence-electron chi connectivity index (χ2n) is 10.4.